The Labute approximate surface area is 186 Å². The molecular weight excluding hydrogens is 409 g/mol. The largest absolute Gasteiger partial charge is 0.350 e. The quantitative estimate of drug-likeness (QED) is 0.566. The molecule has 3 amide bonds. The van der Waals surface area contributed by atoms with E-state index in [0.717, 1.165) is 5.56 Å². The number of hydrogen-bond donors (Lipinski definition) is 2. The summed E-state index contributed by atoms with van der Waals surface area (Å²) >= 11 is 0. The number of carbonyl (C=O) groups excluding carboxylic acids is 3. The van der Waals surface area contributed by atoms with Crippen molar-refractivity contribution in [2.24, 2.45) is 0 Å². The lowest BCUT2D eigenvalue weighted by molar-refractivity contribution is -0.121. The summed E-state index contributed by atoms with van der Waals surface area (Å²) in [5.74, 6) is -1.38. The first-order valence-corrected chi connectivity index (χ1v) is 10.2. The first-order valence-electron chi connectivity index (χ1n) is 10.2. The molecule has 0 bridgehead atoms. The second-order valence-corrected chi connectivity index (χ2v) is 7.09. The zero-order valence-corrected chi connectivity index (χ0v) is 17.7. The van der Waals surface area contributed by atoms with Gasteiger partial charge in [-0.25, -0.2) is 4.39 Å². The second kappa shape index (κ2) is 10.9. The van der Waals surface area contributed by atoms with Gasteiger partial charge >= 0.3 is 0 Å². The van der Waals surface area contributed by atoms with Crippen LogP contribution in [0.2, 0.25) is 0 Å². The minimum absolute atomic E-state index is 0.141. The van der Waals surface area contributed by atoms with Crippen LogP contribution in [0.15, 0.2) is 78.9 Å². The number of nitrogens with zero attached hydrogens (tertiary/aromatic N) is 1. The van der Waals surface area contributed by atoms with Gasteiger partial charge in [0.15, 0.2) is 0 Å². The van der Waals surface area contributed by atoms with Gasteiger partial charge in [0.25, 0.3) is 11.8 Å². The fraction of sp³-hybridized carbons (Fsp3) is 0.160. The Kier molecular flexibility index (Phi) is 7.70. The van der Waals surface area contributed by atoms with E-state index in [0.29, 0.717) is 23.4 Å². The summed E-state index contributed by atoms with van der Waals surface area (Å²) in [7, 11) is 0. The van der Waals surface area contributed by atoms with E-state index in [2.05, 4.69) is 10.6 Å². The molecule has 3 aromatic rings. The third-order valence-corrected chi connectivity index (χ3v) is 4.85. The number of rotatable bonds is 8. The van der Waals surface area contributed by atoms with Crippen LogP contribution in [0, 0.1) is 5.82 Å². The van der Waals surface area contributed by atoms with Crippen molar-refractivity contribution in [1.82, 2.24) is 10.2 Å². The lowest BCUT2D eigenvalue weighted by Gasteiger charge is -2.22. The zero-order chi connectivity index (χ0) is 22.9. The van der Waals surface area contributed by atoms with Crippen LogP contribution in [0.25, 0.3) is 0 Å². The van der Waals surface area contributed by atoms with Gasteiger partial charge < -0.3 is 15.5 Å². The van der Waals surface area contributed by atoms with Gasteiger partial charge in [0.2, 0.25) is 5.91 Å². The minimum Gasteiger partial charge on any atom is -0.350 e. The summed E-state index contributed by atoms with van der Waals surface area (Å²) in [5.41, 5.74) is 1.90. The molecule has 0 saturated carbocycles. The van der Waals surface area contributed by atoms with E-state index in [1.807, 2.05) is 6.07 Å². The predicted octanol–water partition coefficient (Wildman–Crippen LogP) is 3.86. The average Bonchev–Trinajstić information content (AvgIpc) is 2.82. The highest BCUT2D eigenvalue weighted by molar-refractivity contribution is 6.09. The molecule has 0 aliphatic carbocycles. The van der Waals surface area contributed by atoms with Crippen molar-refractivity contribution >= 4 is 23.4 Å². The van der Waals surface area contributed by atoms with Crippen LogP contribution in [0.3, 0.4) is 0 Å². The van der Waals surface area contributed by atoms with Gasteiger partial charge in [-0.2, -0.15) is 0 Å². The number of amides is 3. The lowest BCUT2D eigenvalue weighted by Crippen LogP contribution is -2.40. The minimum atomic E-state index is -0.367. The molecule has 7 heteroatoms. The van der Waals surface area contributed by atoms with Crippen LogP contribution < -0.4 is 10.6 Å². The standard InChI is InChI=1S/C25H24FN3O3/c1-2-29(17-23(30)27-16-18-12-14-20(26)15-13-18)25(32)21-10-6-7-11-22(21)28-24(31)19-8-4-3-5-9-19/h3-15H,2,16-17H2,1H3,(H,27,30)(H,28,31). The molecule has 0 saturated heterocycles. The van der Waals surface area contributed by atoms with Crippen molar-refractivity contribution in [2.75, 3.05) is 18.4 Å². The molecular formula is C25H24FN3O3. The van der Waals surface area contributed by atoms with E-state index >= 15 is 0 Å². The summed E-state index contributed by atoms with van der Waals surface area (Å²) in [6.07, 6.45) is 0. The lowest BCUT2D eigenvalue weighted by atomic mass is 10.1. The van der Waals surface area contributed by atoms with E-state index in [1.54, 1.807) is 67.6 Å². The predicted molar refractivity (Wildman–Crippen MR) is 121 cm³/mol. The molecule has 0 fully saturated rings. The van der Waals surface area contributed by atoms with Crippen molar-refractivity contribution in [3.63, 3.8) is 0 Å². The molecule has 0 radical (unpaired) electrons. The number of anilines is 1. The highest BCUT2D eigenvalue weighted by atomic mass is 19.1. The Balaban J connectivity index is 1.66. The van der Waals surface area contributed by atoms with Crippen molar-refractivity contribution in [3.05, 3.63) is 101 Å². The van der Waals surface area contributed by atoms with Gasteiger partial charge in [0.1, 0.15) is 5.82 Å². The second-order valence-electron chi connectivity index (χ2n) is 7.09. The van der Waals surface area contributed by atoms with Gasteiger partial charge in [-0.1, -0.05) is 42.5 Å². The summed E-state index contributed by atoms with van der Waals surface area (Å²) in [6.45, 7) is 2.17. The highest BCUT2D eigenvalue weighted by Crippen LogP contribution is 2.18. The number of halogens is 1. The van der Waals surface area contributed by atoms with Crippen molar-refractivity contribution in [3.8, 4) is 0 Å². The SMILES string of the molecule is CCN(CC(=O)NCc1ccc(F)cc1)C(=O)c1ccccc1NC(=O)c1ccccc1. The van der Waals surface area contributed by atoms with Gasteiger partial charge in [0, 0.05) is 18.7 Å². The molecule has 0 atom stereocenters. The molecule has 0 aliphatic heterocycles. The maximum atomic E-state index is 13.1. The van der Waals surface area contributed by atoms with E-state index in [1.165, 1.54) is 17.0 Å². The molecule has 164 valence electrons. The van der Waals surface area contributed by atoms with Gasteiger partial charge in [0.05, 0.1) is 17.8 Å². The van der Waals surface area contributed by atoms with E-state index < -0.39 is 0 Å². The van der Waals surface area contributed by atoms with Crippen LogP contribution in [0.4, 0.5) is 10.1 Å². The van der Waals surface area contributed by atoms with E-state index in [9.17, 15) is 18.8 Å². The number of para-hydroxylation sites is 1. The maximum absolute atomic E-state index is 13.1. The van der Waals surface area contributed by atoms with Crippen LogP contribution in [-0.4, -0.2) is 35.7 Å². The Hall–Kier alpha value is -4.00. The molecule has 0 heterocycles. The first-order chi connectivity index (χ1) is 15.5. The summed E-state index contributed by atoms with van der Waals surface area (Å²) in [4.78, 5) is 39.4. The molecule has 6 nitrogen and oxygen atoms in total. The number of carbonyl (C=O) groups is 3. The molecule has 0 unspecified atom stereocenters. The van der Waals surface area contributed by atoms with Gasteiger partial charge in [-0.3, -0.25) is 14.4 Å². The maximum Gasteiger partial charge on any atom is 0.256 e. The smallest absolute Gasteiger partial charge is 0.256 e. The summed E-state index contributed by atoms with van der Waals surface area (Å²) < 4.78 is 13.0. The van der Waals surface area contributed by atoms with Crippen LogP contribution in [0.1, 0.15) is 33.2 Å². The third kappa shape index (κ3) is 6.01. The summed E-state index contributed by atoms with van der Waals surface area (Å²) in [5, 5.41) is 5.51. The molecule has 0 aliphatic rings. The summed E-state index contributed by atoms with van der Waals surface area (Å²) in [6, 6.07) is 21.2. The fourth-order valence-electron chi connectivity index (χ4n) is 3.09. The fourth-order valence-corrected chi connectivity index (χ4v) is 3.09. The molecule has 0 aromatic heterocycles. The number of nitrogens with one attached hydrogen (secondary N) is 2. The average molecular weight is 433 g/mol. The van der Waals surface area contributed by atoms with Gasteiger partial charge in [-0.05, 0) is 48.9 Å². The molecule has 2 N–H and O–H groups in total. The highest BCUT2D eigenvalue weighted by Gasteiger charge is 2.21. The molecule has 32 heavy (non-hydrogen) atoms. The Morgan fingerprint density at radius 2 is 1.53 bits per heavy atom. The third-order valence-electron chi connectivity index (χ3n) is 4.85. The van der Waals surface area contributed by atoms with Gasteiger partial charge in [-0.15, -0.1) is 0 Å². The number of likely N-dealkylation sites (N-methyl/N-ethyl adjacent to an activating group) is 1. The van der Waals surface area contributed by atoms with Crippen molar-refractivity contribution in [2.45, 2.75) is 13.5 Å². The molecule has 0 spiro atoms. The van der Waals surface area contributed by atoms with Crippen LogP contribution in [0.5, 0.6) is 0 Å². The Morgan fingerprint density at radius 1 is 0.875 bits per heavy atom. The van der Waals surface area contributed by atoms with Crippen molar-refractivity contribution < 1.29 is 18.8 Å². The van der Waals surface area contributed by atoms with Crippen molar-refractivity contribution in [1.29, 1.82) is 0 Å². The normalized spacial score (nSPS) is 10.3. The Morgan fingerprint density at radius 3 is 2.22 bits per heavy atom. The first kappa shape index (κ1) is 22.7. The molecule has 3 aromatic carbocycles. The van der Waals surface area contributed by atoms with E-state index in [4.69, 9.17) is 0 Å². The monoisotopic (exact) mass is 433 g/mol. The topological polar surface area (TPSA) is 78.5 Å². The van der Waals surface area contributed by atoms with E-state index in [-0.39, 0.29) is 36.6 Å². The zero-order valence-electron chi connectivity index (χ0n) is 17.7. The van der Waals surface area contributed by atoms with Crippen LogP contribution in [-0.2, 0) is 11.3 Å². The molecule has 3 rings (SSSR count). The number of hydrogen-bond acceptors (Lipinski definition) is 3. The Bertz CT molecular complexity index is 1090. The van der Waals surface area contributed by atoms with Crippen LogP contribution >= 0.6 is 0 Å². The number of benzene rings is 3.